The molecule has 0 unspecified atom stereocenters. The Kier molecular flexibility index (Phi) is 35.0. The molecule has 0 aromatic rings. The van der Waals surface area contributed by atoms with E-state index in [2.05, 4.69) is 0 Å². The second-order valence-corrected chi connectivity index (χ2v) is 28.1. The molecule has 42 heteroatoms. The Labute approximate surface area is 603 Å². The molecule has 0 spiro atoms. The maximum Gasteiger partial charge on any atom is 0.187 e. The molecule has 21 saturated heterocycles. The molecule has 42 atom stereocenters. The maximum atomic E-state index is 12.1. The third-order valence-corrected chi connectivity index (χ3v) is 18.0. The van der Waals surface area contributed by atoms with Crippen molar-refractivity contribution in [2.75, 3.05) is 92.5 Å². The van der Waals surface area contributed by atoms with Crippen LogP contribution in [0.2, 0.25) is 0 Å². The Morgan fingerprint density at radius 2 is 0.286 bits per heavy atom. The van der Waals surface area contributed by atoms with E-state index in [1.807, 2.05) is 0 Å². The van der Waals surface area contributed by atoms with Crippen molar-refractivity contribution in [2.24, 2.45) is 0 Å². The first-order valence-corrected chi connectivity index (χ1v) is 35.2. The van der Waals surface area contributed by atoms with E-state index in [4.69, 9.17) is 99.5 Å². The largest absolute Gasteiger partial charge is 0.391 e. The molecule has 0 aromatic carbocycles. The fourth-order valence-electron chi connectivity index (χ4n) is 12.8. The fourth-order valence-corrected chi connectivity index (χ4v) is 12.8. The molecule has 21 aliphatic rings. The van der Waals surface area contributed by atoms with Gasteiger partial charge in [0.2, 0.25) is 0 Å². The van der Waals surface area contributed by atoms with Crippen LogP contribution < -0.4 is 0 Å². The van der Waals surface area contributed by atoms with E-state index in [-0.39, 0.29) is 46.2 Å². The topological polar surface area (TPSA) is 619 Å². The molecule has 21 aliphatic heterocycles. The molecule has 21 heterocycles. The summed E-state index contributed by atoms with van der Waals surface area (Å²) in [5.41, 5.74) is 0. The van der Waals surface area contributed by atoms with Crippen LogP contribution in [0.15, 0.2) is 0 Å². The molecule has 21 N–H and O–H groups in total. The van der Waals surface area contributed by atoms with Crippen LogP contribution in [0.3, 0.4) is 0 Å². The number of aliphatic hydroxyl groups is 21. The van der Waals surface area contributed by atoms with E-state index in [1.165, 1.54) is 48.5 Å². The second kappa shape index (κ2) is 41.4. The summed E-state index contributed by atoms with van der Waals surface area (Å²) in [6.45, 7) is 2.51. The van der Waals surface area contributed by atoms with Crippen LogP contribution >= 0.6 is 0 Å². The molecule has 0 aromatic heterocycles. The van der Waals surface area contributed by atoms with Gasteiger partial charge >= 0.3 is 0 Å². The van der Waals surface area contributed by atoms with Crippen molar-refractivity contribution in [3.8, 4) is 0 Å². The monoisotopic (exact) mass is 1540 g/mol. The predicted molar refractivity (Wildman–Crippen MR) is 336 cm³/mol. The van der Waals surface area contributed by atoms with Gasteiger partial charge in [-0.2, -0.15) is 0 Å². The van der Waals surface area contributed by atoms with Gasteiger partial charge in [-0.3, -0.25) is 0 Å². The molecule has 0 amide bonds. The highest BCUT2D eigenvalue weighted by Crippen LogP contribution is 2.40. The lowest BCUT2D eigenvalue weighted by Crippen LogP contribution is -2.68. The number of aliphatic hydroxyl groups excluding tert-OH is 21. The summed E-state index contributed by atoms with van der Waals surface area (Å²) in [7, 11) is 0. The molecular weight excluding hydrogens is 1430 g/mol. The van der Waals surface area contributed by atoms with E-state index < -0.39 is 304 Å². The van der Waals surface area contributed by atoms with E-state index in [0.29, 0.717) is 0 Å². The summed E-state index contributed by atoms with van der Waals surface area (Å²) in [5, 5.41) is 240. The van der Waals surface area contributed by atoms with E-state index >= 15 is 0 Å². The quantitative estimate of drug-likeness (QED) is 0.0346. The standard InChI is InChI=1S/C63H112O42/c1-22(64)8-85-15-29-50-36(71)43(78)57(92-29)100-51-30(16-86-9-23(2)65)94-59(45(80)38(51)73)102-53-32(18-88-11-25(4)67)96-61(47(82)40(53)75)104-55-34(20-90-13-27(6)69)98-63(49(84)42(55)77)105-56-35(21-91-14-28(7)70)97-62(48(83)41(56)76)103-54-33(19-89-12-26(5)68)95-60(46(81)39(54)74)101-52-31(17-87-10-24(3)66)93-58(99-50)44(79)37(52)72/h22-84H,8-21H2,1-7H3/t22-,23-,24-,25-,26-,27-,28-,29-,30-,31-,32-,33-,34-,35-,36-,37-,38-,39-,40-,41-,42-,43-,44-,45-,46-,47-,48-,49-,50-,51-,52-,53-,54-,55-,56-,57-,58-,59-,60-,61-,62-,63-/m1/s1. The first-order chi connectivity index (χ1) is 49.6. The molecule has 0 radical (unpaired) electrons. The molecule has 14 bridgehead atoms. The van der Waals surface area contributed by atoms with E-state index in [1.54, 1.807) is 0 Å². The van der Waals surface area contributed by atoms with E-state index in [9.17, 15) is 107 Å². The summed E-state index contributed by atoms with van der Waals surface area (Å²) >= 11 is 0. The predicted octanol–water partition coefficient (Wildman–Crippen LogP) is -12.4. The Bertz CT molecular complexity index is 2000. The minimum Gasteiger partial charge on any atom is -0.391 e. The van der Waals surface area contributed by atoms with Crippen molar-refractivity contribution in [1.82, 2.24) is 0 Å². The Balaban J connectivity index is 1.20. The van der Waals surface area contributed by atoms with Crippen molar-refractivity contribution in [2.45, 2.75) is 306 Å². The highest BCUT2D eigenvalue weighted by atomic mass is 16.8. The normalized spacial score (nSPS) is 46.0. The number of ether oxygens (including phenoxy) is 21. The highest BCUT2D eigenvalue weighted by Gasteiger charge is 2.60. The van der Waals surface area contributed by atoms with Gasteiger partial charge in [-0.15, -0.1) is 0 Å². The van der Waals surface area contributed by atoms with Crippen molar-refractivity contribution >= 4 is 0 Å². The fraction of sp³-hybridized carbons (Fsp3) is 1.00. The van der Waals surface area contributed by atoms with Gasteiger partial charge in [-0.25, -0.2) is 0 Å². The summed E-state index contributed by atoms with van der Waals surface area (Å²) in [6, 6.07) is 0. The molecule has 21 rings (SSSR count). The van der Waals surface area contributed by atoms with Crippen molar-refractivity contribution in [3.63, 3.8) is 0 Å². The third kappa shape index (κ3) is 23.7. The third-order valence-electron chi connectivity index (χ3n) is 18.0. The number of hydrogen-bond acceptors (Lipinski definition) is 42. The summed E-state index contributed by atoms with van der Waals surface area (Å²) < 4.78 is 126. The molecule has 0 aliphatic carbocycles. The minimum absolute atomic E-state index is 0.379. The van der Waals surface area contributed by atoms with Crippen LogP contribution in [-0.4, -0.2) is 457 Å². The van der Waals surface area contributed by atoms with Crippen LogP contribution in [0, 0.1) is 0 Å². The SMILES string of the molecule is C[C@@H](O)COC[C@H]1O[C@@H]2O[C@H]3[C@H](O)[C@@H](O)[C@@H](O[C@H]4[C@H](O)[C@@H](O)[C@@H](O[C@H]5[C@H](O)[C@@H](O)[C@@H](O[C@H]6[C@H](O)[C@@H](O)[C@@H](O[C@H]7[C@H](O)[C@@H](O)[C@@H](O[C@H]8[C@H](O)[C@@H](O)[C@@H](O[C@H]1[C@H](O)[C@H]2O)O[C@@H]8COC[C@@H](C)O)O[C@@H]7COC[C@@H](C)O)O[C@@H]6COC[C@@H](C)O)O[C@@H]5COC[C@@H](C)O)O[C@@H]4COC[C@@H](C)O)O[C@@H]3COC[C@@H](C)O. The highest BCUT2D eigenvalue weighted by molar-refractivity contribution is 5.02. The van der Waals surface area contributed by atoms with Crippen LogP contribution in [0.4, 0.5) is 0 Å². The first-order valence-electron chi connectivity index (χ1n) is 35.2. The summed E-state index contributed by atoms with van der Waals surface area (Å²) in [4.78, 5) is 0. The Morgan fingerprint density at radius 3 is 0.381 bits per heavy atom. The van der Waals surface area contributed by atoms with Crippen molar-refractivity contribution < 1.29 is 207 Å². The van der Waals surface area contributed by atoms with Gasteiger partial charge in [0.15, 0.2) is 44.0 Å². The zero-order chi connectivity index (χ0) is 77.0. The van der Waals surface area contributed by atoms with Gasteiger partial charge in [0.1, 0.15) is 171 Å². The zero-order valence-corrected chi connectivity index (χ0v) is 59.1. The Morgan fingerprint density at radius 1 is 0.181 bits per heavy atom. The molecule has 42 nitrogen and oxygen atoms in total. The first kappa shape index (κ1) is 88.9. The molecule has 105 heavy (non-hydrogen) atoms. The van der Waals surface area contributed by atoms with Crippen molar-refractivity contribution in [3.05, 3.63) is 0 Å². The lowest BCUT2D eigenvalue weighted by Gasteiger charge is -2.50. The average Bonchev–Trinajstić information content (AvgIpc) is 0.785. The van der Waals surface area contributed by atoms with Crippen molar-refractivity contribution in [1.29, 1.82) is 0 Å². The second-order valence-electron chi connectivity index (χ2n) is 28.1. The van der Waals surface area contributed by atoms with Gasteiger partial charge in [0.05, 0.1) is 135 Å². The Hall–Kier alpha value is -1.68. The van der Waals surface area contributed by atoms with E-state index in [0.717, 1.165) is 0 Å². The zero-order valence-electron chi connectivity index (χ0n) is 59.1. The van der Waals surface area contributed by atoms with Crippen LogP contribution in [0.25, 0.3) is 0 Å². The molecule has 21 fully saturated rings. The summed E-state index contributed by atoms with van der Waals surface area (Å²) in [6.07, 6.45) is -78.0. The van der Waals surface area contributed by atoms with Crippen LogP contribution in [0.5, 0.6) is 0 Å². The van der Waals surface area contributed by atoms with Crippen LogP contribution in [-0.2, 0) is 99.5 Å². The summed E-state index contributed by atoms with van der Waals surface area (Å²) in [5.74, 6) is 0. The van der Waals surface area contributed by atoms with Gasteiger partial charge in [-0.1, -0.05) is 0 Å². The lowest BCUT2D eigenvalue weighted by atomic mass is 9.95. The smallest absolute Gasteiger partial charge is 0.187 e. The molecular formula is C63H112O42. The number of rotatable bonds is 28. The number of hydrogen-bond donors (Lipinski definition) is 21. The van der Waals surface area contributed by atoms with Crippen LogP contribution in [0.1, 0.15) is 48.5 Å². The maximum absolute atomic E-state index is 12.1. The minimum atomic E-state index is -2.24. The molecule has 616 valence electrons. The van der Waals surface area contributed by atoms with Gasteiger partial charge in [-0.05, 0) is 48.5 Å². The average molecular weight is 1540 g/mol. The van der Waals surface area contributed by atoms with Gasteiger partial charge < -0.3 is 207 Å². The van der Waals surface area contributed by atoms with Gasteiger partial charge in [0, 0.05) is 0 Å². The molecule has 0 saturated carbocycles. The van der Waals surface area contributed by atoms with Gasteiger partial charge in [0.25, 0.3) is 0 Å². The lowest BCUT2D eigenvalue weighted by molar-refractivity contribution is -0.398.